The summed E-state index contributed by atoms with van der Waals surface area (Å²) in [6.07, 6.45) is 2.67. The zero-order chi connectivity index (χ0) is 32.6. The lowest BCUT2D eigenvalue weighted by atomic mass is 10.1. The average molecular weight is 689 g/mol. The molecule has 0 saturated carbocycles. The van der Waals surface area contributed by atoms with Crippen molar-refractivity contribution in [3.05, 3.63) is 88.0 Å². The van der Waals surface area contributed by atoms with Gasteiger partial charge in [-0.05, 0) is 101 Å². The Labute approximate surface area is 279 Å². The summed E-state index contributed by atoms with van der Waals surface area (Å²) in [6.45, 7) is 10.3. The molecule has 1 amide bonds. The molecular formula is C35H42BrN7O3. The molecule has 0 bridgehead atoms. The van der Waals surface area contributed by atoms with Crippen molar-refractivity contribution >= 4 is 44.8 Å². The minimum atomic E-state index is -0.378. The van der Waals surface area contributed by atoms with Gasteiger partial charge in [0.25, 0.3) is 5.91 Å². The molecular weight excluding hydrogens is 646 g/mol. The minimum Gasteiger partial charge on any atom is -0.493 e. The Morgan fingerprint density at radius 3 is 2.37 bits per heavy atom. The topological polar surface area (TPSA) is 95.1 Å². The lowest BCUT2D eigenvalue weighted by molar-refractivity contribution is 0.102. The molecule has 1 saturated heterocycles. The van der Waals surface area contributed by atoms with E-state index in [4.69, 9.17) is 9.47 Å². The number of methoxy groups -OCH3 is 1. The molecule has 1 aliphatic rings. The van der Waals surface area contributed by atoms with Crippen LogP contribution in [0.25, 0.3) is 0 Å². The highest BCUT2D eigenvalue weighted by Crippen LogP contribution is 2.35. The van der Waals surface area contributed by atoms with Crippen molar-refractivity contribution in [1.29, 1.82) is 0 Å². The molecule has 5 rings (SSSR count). The van der Waals surface area contributed by atoms with Crippen molar-refractivity contribution in [1.82, 2.24) is 19.8 Å². The SMILES string of the molecule is COc1cc(Br)ccc1Oc1nc(Nc2ccc(N3CCN(CCCN(C)C)CC3)cc2)ncc1C(=O)Nc1c(C)cccc1C. The van der Waals surface area contributed by atoms with Crippen LogP contribution in [0.2, 0.25) is 0 Å². The van der Waals surface area contributed by atoms with Crippen molar-refractivity contribution in [2.45, 2.75) is 20.3 Å². The molecule has 4 aromatic rings. The summed E-state index contributed by atoms with van der Waals surface area (Å²) in [6, 6.07) is 19.5. The van der Waals surface area contributed by atoms with Crippen LogP contribution in [0.3, 0.4) is 0 Å². The molecule has 3 aromatic carbocycles. The van der Waals surface area contributed by atoms with Gasteiger partial charge in [0.1, 0.15) is 5.56 Å². The fraction of sp³-hybridized carbons (Fsp3) is 0.343. The number of rotatable bonds is 12. The van der Waals surface area contributed by atoms with E-state index in [0.29, 0.717) is 17.4 Å². The summed E-state index contributed by atoms with van der Waals surface area (Å²) in [4.78, 5) is 29.9. The summed E-state index contributed by atoms with van der Waals surface area (Å²) in [5.41, 5.74) is 4.85. The van der Waals surface area contributed by atoms with Crippen LogP contribution in [0.5, 0.6) is 17.4 Å². The van der Waals surface area contributed by atoms with Gasteiger partial charge in [0.15, 0.2) is 11.5 Å². The lowest BCUT2D eigenvalue weighted by Crippen LogP contribution is -2.46. The number of hydrogen-bond donors (Lipinski definition) is 2. The number of carbonyl (C=O) groups excluding carboxylic acids is 1. The average Bonchev–Trinajstić information content (AvgIpc) is 3.04. The fourth-order valence-electron chi connectivity index (χ4n) is 5.41. The van der Waals surface area contributed by atoms with Crippen LogP contribution < -0.4 is 25.0 Å². The highest BCUT2D eigenvalue weighted by Gasteiger charge is 2.21. The zero-order valence-corrected chi connectivity index (χ0v) is 28.7. The quantitative estimate of drug-likeness (QED) is 0.168. The Morgan fingerprint density at radius 1 is 0.978 bits per heavy atom. The van der Waals surface area contributed by atoms with Gasteiger partial charge in [-0.1, -0.05) is 34.1 Å². The molecule has 1 fully saturated rings. The van der Waals surface area contributed by atoms with Crippen LogP contribution in [0.4, 0.5) is 23.0 Å². The van der Waals surface area contributed by atoms with Gasteiger partial charge in [-0.15, -0.1) is 0 Å². The Morgan fingerprint density at radius 2 is 1.70 bits per heavy atom. The van der Waals surface area contributed by atoms with Crippen LogP contribution in [0, 0.1) is 13.8 Å². The monoisotopic (exact) mass is 687 g/mol. The third kappa shape index (κ3) is 8.54. The van der Waals surface area contributed by atoms with Crippen molar-refractivity contribution in [2.24, 2.45) is 0 Å². The summed E-state index contributed by atoms with van der Waals surface area (Å²) in [5, 5.41) is 6.28. The minimum absolute atomic E-state index is 0.0990. The van der Waals surface area contributed by atoms with Crippen molar-refractivity contribution in [3.8, 4) is 17.4 Å². The Hall–Kier alpha value is -4.19. The first-order valence-corrected chi connectivity index (χ1v) is 16.2. The van der Waals surface area contributed by atoms with Crippen molar-refractivity contribution in [2.75, 3.05) is 76.0 Å². The predicted molar refractivity (Wildman–Crippen MR) is 188 cm³/mol. The molecule has 2 heterocycles. The highest BCUT2D eigenvalue weighted by molar-refractivity contribution is 9.10. The number of nitrogens with zero attached hydrogens (tertiary/aromatic N) is 5. The van der Waals surface area contributed by atoms with E-state index >= 15 is 0 Å². The zero-order valence-electron chi connectivity index (χ0n) is 27.1. The van der Waals surface area contributed by atoms with Gasteiger partial charge in [0, 0.05) is 53.9 Å². The Kier molecular flexibility index (Phi) is 11.1. The van der Waals surface area contributed by atoms with Gasteiger partial charge in [-0.3, -0.25) is 9.69 Å². The predicted octanol–water partition coefficient (Wildman–Crippen LogP) is 6.73. The first kappa shape index (κ1) is 33.2. The molecule has 46 heavy (non-hydrogen) atoms. The largest absolute Gasteiger partial charge is 0.493 e. The van der Waals surface area contributed by atoms with E-state index in [1.165, 1.54) is 18.3 Å². The van der Waals surface area contributed by atoms with Gasteiger partial charge in [-0.25, -0.2) is 4.98 Å². The number of carbonyl (C=O) groups is 1. The molecule has 242 valence electrons. The lowest BCUT2D eigenvalue weighted by Gasteiger charge is -2.36. The molecule has 0 radical (unpaired) electrons. The van der Waals surface area contributed by atoms with Gasteiger partial charge in [-0.2, -0.15) is 4.98 Å². The van der Waals surface area contributed by atoms with E-state index in [1.54, 1.807) is 19.2 Å². The number of ether oxygens (including phenoxy) is 2. The molecule has 0 atom stereocenters. The molecule has 11 heteroatoms. The van der Waals surface area contributed by atoms with E-state index in [1.807, 2.05) is 50.2 Å². The number of amides is 1. The molecule has 10 nitrogen and oxygen atoms in total. The normalized spacial score (nSPS) is 13.5. The van der Waals surface area contributed by atoms with E-state index in [2.05, 4.69) is 77.5 Å². The van der Waals surface area contributed by atoms with Gasteiger partial charge >= 0.3 is 0 Å². The highest BCUT2D eigenvalue weighted by atomic mass is 79.9. The first-order valence-electron chi connectivity index (χ1n) is 15.5. The second-order valence-electron chi connectivity index (χ2n) is 11.7. The van der Waals surface area contributed by atoms with Gasteiger partial charge in [0.05, 0.1) is 7.11 Å². The van der Waals surface area contributed by atoms with Crippen LogP contribution >= 0.6 is 15.9 Å². The molecule has 0 spiro atoms. The summed E-state index contributed by atoms with van der Waals surface area (Å²) >= 11 is 3.46. The van der Waals surface area contributed by atoms with E-state index in [0.717, 1.165) is 66.2 Å². The van der Waals surface area contributed by atoms with Crippen LogP contribution in [0.15, 0.2) is 71.3 Å². The van der Waals surface area contributed by atoms with Gasteiger partial charge < -0.3 is 29.9 Å². The summed E-state index contributed by atoms with van der Waals surface area (Å²) in [7, 11) is 5.81. The standard InChI is InChI=1S/C35H42BrN7O3/c1-24-8-6-9-25(2)32(24)39-33(44)29-23-37-35(40-34(29)46-30-15-10-26(36)22-31(30)45-5)38-27-11-13-28(14-12-27)43-20-18-42(19-21-43)17-7-16-41(3)4/h6,8-15,22-23H,7,16-21H2,1-5H3,(H,39,44)(H,37,38,40). The number of piperazine rings is 1. The van der Waals surface area contributed by atoms with Crippen LogP contribution in [-0.4, -0.2) is 86.1 Å². The van der Waals surface area contributed by atoms with Gasteiger partial charge in [0.2, 0.25) is 11.8 Å². The summed E-state index contributed by atoms with van der Waals surface area (Å²) < 4.78 is 12.6. The maximum Gasteiger partial charge on any atom is 0.262 e. The molecule has 0 aliphatic carbocycles. The number of para-hydroxylation sites is 1. The second-order valence-corrected chi connectivity index (χ2v) is 12.6. The molecule has 1 aliphatic heterocycles. The van der Waals surface area contributed by atoms with Crippen LogP contribution in [0.1, 0.15) is 27.9 Å². The Bertz CT molecular complexity index is 1620. The van der Waals surface area contributed by atoms with E-state index in [9.17, 15) is 4.79 Å². The third-order valence-corrected chi connectivity index (χ3v) is 8.48. The number of nitrogens with one attached hydrogen (secondary N) is 2. The van der Waals surface area contributed by atoms with E-state index < -0.39 is 0 Å². The number of halogens is 1. The molecule has 0 unspecified atom stereocenters. The maximum absolute atomic E-state index is 13.6. The fourth-order valence-corrected chi connectivity index (χ4v) is 5.75. The third-order valence-electron chi connectivity index (χ3n) is 7.99. The molecule has 1 aromatic heterocycles. The Balaban J connectivity index is 1.32. The number of aryl methyl sites for hydroxylation is 2. The van der Waals surface area contributed by atoms with Crippen molar-refractivity contribution < 1.29 is 14.3 Å². The number of aromatic nitrogens is 2. The smallest absolute Gasteiger partial charge is 0.262 e. The number of hydrogen-bond acceptors (Lipinski definition) is 9. The molecule has 2 N–H and O–H groups in total. The first-order chi connectivity index (χ1) is 22.2. The number of benzene rings is 3. The number of anilines is 4. The van der Waals surface area contributed by atoms with Crippen LogP contribution in [-0.2, 0) is 0 Å². The maximum atomic E-state index is 13.6. The summed E-state index contributed by atoms with van der Waals surface area (Å²) in [5.74, 6) is 0.931. The second kappa shape index (κ2) is 15.4. The van der Waals surface area contributed by atoms with Crippen molar-refractivity contribution in [3.63, 3.8) is 0 Å². The van der Waals surface area contributed by atoms with E-state index in [-0.39, 0.29) is 17.4 Å².